The lowest BCUT2D eigenvalue weighted by atomic mass is 9.76. The Morgan fingerprint density at radius 1 is 1.29 bits per heavy atom. The minimum atomic E-state index is -0.535. The van der Waals surface area contributed by atoms with Gasteiger partial charge in [-0.3, -0.25) is 4.79 Å². The van der Waals surface area contributed by atoms with Gasteiger partial charge >= 0.3 is 0 Å². The zero-order valence-electron chi connectivity index (χ0n) is 12.5. The molecule has 1 amide bonds. The number of methoxy groups -OCH3 is 1. The maximum absolute atomic E-state index is 12.5. The molecule has 2 fully saturated rings. The molecule has 1 aromatic carbocycles. The van der Waals surface area contributed by atoms with Crippen molar-refractivity contribution in [1.82, 2.24) is 0 Å². The first-order valence-electron chi connectivity index (χ1n) is 7.34. The molecule has 21 heavy (non-hydrogen) atoms. The average molecular weight is 287 g/mol. The van der Waals surface area contributed by atoms with E-state index in [9.17, 15) is 9.90 Å². The lowest BCUT2D eigenvalue weighted by Gasteiger charge is -2.50. The zero-order valence-corrected chi connectivity index (χ0v) is 12.5. The van der Waals surface area contributed by atoms with Crippen molar-refractivity contribution < 1.29 is 14.6 Å². The van der Waals surface area contributed by atoms with Crippen molar-refractivity contribution in [3.05, 3.63) is 36.4 Å². The van der Waals surface area contributed by atoms with Crippen LogP contribution in [0.4, 0.5) is 5.69 Å². The highest BCUT2D eigenvalue weighted by Crippen LogP contribution is 2.44. The van der Waals surface area contributed by atoms with E-state index < -0.39 is 6.10 Å². The smallest absolute Gasteiger partial charge is 0.232 e. The Balaban J connectivity index is 1.90. The van der Waals surface area contributed by atoms with Crippen LogP contribution in [0.25, 0.3) is 0 Å². The van der Waals surface area contributed by atoms with Gasteiger partial charge in [-0.05, 0) is 43.0 Å². The normalized spacial score (nSPS) is 32.2. The van der Waals surface area contributed by atoms with E-state index in [1.165, 1.54) is 0 Å². The standard InChI is InChI=1S/C17H21NO3/c1-10-8-11(2)15-16(14(19)9-10)18(17(15)20)12-4-6-13(21-3)7-5-12/h4-7,11,14-16,19H,1,8-9H2,2-3H3/t11-,14+,15+,16-/m1/s1. The molecule has 1 aromatic rings. The van der Waals surface area contributed by atoms with Gasteiger partial charge in [-0.15, -0.1) is 0 Å². The predicted octanol–water partition coefficient (Wildman–Crippen LogP) is 2.37. The minimum absolute atomic E-state index is 0.0960. The van der Waals surface area contributed by atoms with Crippen LogP contribution in [0.15, 0.2) is 36.4 Å². The van der Waals surface area contributed by atoms with Crippen LogP contribution in [0.3, 0.4) is 0 Å². The molecular weight excluding hydrogens is 266 g/mol. The summed E-state index contributed by atoms with van der Waals surface area (Å²) in [5.41, 5.74) is 1.85. The molecule has 1 saturated carbocycles. The van der Waals surface area contributed by atoms with Gasteiger partial charge in [0.1, 0.15) is 5.75 Å². The van der Waals surface area contributed by atoms with Crippen LogP contribution < -0.4 is 9.64 Å². The summed E-state index contributed by atoms with van der Waals surface area (Å²) in [5.74, 6) is 1.00. The molecule has 0 radical (unpaired) electrons. The number of rotatable bonds is 2. The maximum atomic E-state index is 12.5. The minimum Gasteiger partial charge on any atom is -0.497 e. The lowest BCUT2D eigenvalue weighted by molar-refractivity contribution is -0.135. The van der Waals surface area contributed by atoms with Gasteiger partial charge in [0.25, 0.3) is 0 Å². The third kappa shape index (κ3) is 2.23. The summed E-state index contributed by atoms with van der Waals surface area (Å²) >= 11 is 0. The number of carbonyl (C=O) groups excluding carboxylic acids is 1. The number of fused-ring (bicyclic) bond motifs is 1. The number of nitrogens with zero attached hydrogens (tertiary/aromatic N) is 1. The number of aliphatic hydroxyl groups excluding tert-OH is 1. The number of ether oxygens (including phenoxy) is 1. The average Bonchev–Trinajstić information content (AvgIpc) is 2.53. The highest BCUT2D eigenvalue weighted by Gasteiger charge is 2.54. The van der Waals surface area contributed by atoms with Gasteiger partial charge in [0.15, 0.2) is 0 Å². The van der Waals surface area contributed by atoms with Crippen molar-refractivity contribution in [2.45, 2.75) is 31.9 Å². The third-order valence-corrected chi connectivity index (χ3v) is 4.66. The first-order chi connectivity index (χ1) is 10.0. The predicted molar refractivity (Wildman–Crippen MR) is 81.3 cm³/mol. The highest BCUT2D eigenvalue weighted by molar-refractivity contribution is 6.03. The fourth-order valence-corrected chi connectivity index (χ4v) is 3.65. The molecule has 1 N–H and O–H groups in total. The number of anilines is 1. The summed E-state index contributed by atoms with van der Waals surface area (Å²) in [6, 6.07) is 7.26. The number of amides is 1. The first kappa shape index (κ1) is 14.1. The molecule has 1 aliphatic heterocycles. The van der Waals surface area contributed by atoms with Crippen LogP contribution in [0.2, 0.25) is 0 Å². The van der Waals surface area contributed by atoms with Gasteiger partial charge in [-0.2, -0.15) is 0 Å². The zero-order chi connectivity index (χ0) is 15.1. The van der Waals surface area contributed by atoms with E-state index in [4.69, 9.17) is 4.74 Å². The number of β-lactam (4-membered cyclic amide) rings is 1. The molecule has 2 aliphatic rings. The van der Waals surface area contributed by atoms with E-state index in [0.717, 1.165) is 23.4 Å². The fourth-order valence-electron chi connectivity index (χ4n) is 3.65. The second kappa shape index (κ2) is 5.19. The summed E-state index contributed by atoms with van der Waals surface area (Å²) in [6.45, 7) is 6.08. The fraction of sp³-hybridized carbons (Fsp3) is 0.471. The van der Waals surface area contributed by atoms with Gasteiger partial charge in [-0.25, -0.2) is 0 Å². The van der Waals surface area contributed by atoms with Gasteiger partial charge in [0.05, 0.1) is 25.2 Å². The molecule has 4 atom stereocenters. The summed E-state index contributed by atoms with van der Waals surface area (Å²) < 4.78 is 5.14. The maximum Gasteiger partial charge on any atom is 0.232 e. The van der Waals surface area contributed by atoms with Crippen molar-refractivity contribution in [2.75, 3.05) is 12.0 Å². The van der Waals surface area contributed by atoms with E-state index in [0.29, 0.717) is 6.42 Å². The van der Waals surface area contributed by atoms with Crippen molar-refractivity contribution in [1.29, 1.82) is 0 Å². The summed E-state index contributed by atoms with van der Waals surface area (Å²) in [4.78, 5) is 14.2. The Morgan fingerprint density at radius 3 is 2.57 bits per heavy atom. The molecular formula is C17H21NO3. The van der Waals surface area contributed by atoms with Crippen molar-refractivity contribution in [3.8, 4) is 5.75 Å². The van der Waals surface area contributed by atoms with Crippen LogP contribution in [-0.4, -0.2) is 30.3 Å². The molecule has 0 aromatic heterocycles. The molecule has 0 spiro atoms. The molecule has 112 valence electrons. The Labute approximate surface area is 125 Å². The van der Waals surface area contributed by atoms with E-state index in [1.807, 2.05) is 24.3 Å². The summed E-state index contributed by atoms with van der Waals surface area (Å²) in [5, 5.41) is 10.4. The number of hydrogen-bond donors (Lipinski definition) is 1. The number of hydrogen-bond acceptors (Lipinski definition) is 3. The number of carbonyl (C=O) groups is 1. The van der Waals surface area contributed by atoms with Gasteiger partial charge < -0.3 is 14.7 Å². The van der Waals surface area contributed by atoms with E-state index in [1.54, 1.807) is 12.0 Å². The topological polar surface area (TPSA) is 49.8 Å². The van der Waals surface area contributed by atoms with Crippen LogP contribution in [-0.2, 0) is 4.79 Å². The van der Waals surface area contributed by atoms with Crippen LogP contribution in [0, 0.1) is 11.8 Å². The van der Waals surface area contributed by atoms with Gasteiger partial charge in [-0.1, -0.05) is 19.1 Å². The molecule has 1 heterocycles. The highest BCUT2D eigenvalue weighted by atomic mass is 16.5. The monoisotopic (exact) mass is 287 g/mol. The second-order valence-corrected chi connectivity index (χ2v) is 6.13. The van der Waals surface area contributed by atoms with Gasteiger partial charge in [0.2, 0.25) is 5.91 Å². The Morgan fingerprint density at radius 2 is 1.95 bits per heavy atom. The Bertz CT molecular complexity index is 566. The Hall–Kier alpha value is -1.81. The summed E-state index contributed by atoms with van der Waals surface area (Å²) in [7, 11) is 1.61. The third-order valence-electron chi connectivity index (χ3n) is 4.66. The quantitative estimate of drug-likeness (QED) is 0.671. The molecule has 4 nitrogen and oxygen atoms in total. The van der Waals surface area contributed by atoms with Crippen LogP contribution >= 0.6 is 0 Å². The molecule has 1 saturated heterocycles. The van der Waals surface area contributed by atoms with Gasteiger partial charge in [0, 0.05) is 5.69 Å². The SMILES string of the molecule is C=C1C[C@@H](C)[C@@H]2C(=O)N(c3ccc(OC)cc3)[C@@H]2[C@@H](O)C1. The second-order valence-electron chi connectivity index (χ2n) is 6.13. The molecule has 0 bridgehead atoms. The number of benzene rings is 1. The van der Waals surface area contributed by atoms with Crippen LogP contribution in [0.1, 0.15) is 19.8 Å². The van der Waals surface area contributed by atoms with Crippen molar-refractivity contribution in [2.24, 2.45) is 11.8 Å². The van der Waals surface area contributed by atoms with Crippen molar-refractivity contribution >= 4 is 11.6 Å². The van der Waals surface area contributed by atoms with Crippen LogP contribution in [0.5, 0.6) is 5.75 Å². The first-order valence-corrected chi connectivity index (χ1v) is 7.34. The lowest BCUT2D eigenvalue weighted by Crippen LogP contribution is -2.67. The van der Waals surface area contributed by atoms with E-state index >= 15 is 0 Å². The number of aliphatic hydroxyl groups is 1. The van der Waals surface area contributed by atoms with E-state index in [-0.39, 0.29) is 23.8 Å². The van der Waals surface area contributed by atoms with E-state index in [2.05, 4.69) is 13.5 Å². The summed E-state index contributed by atoms with van der Waals surface area (Å²) in [6.07, 6.45) is 0.860. The van der Waals surface area contributed by atoms with Crippen molar-refractivity contribution in [3.63, 3.8) is 0 Å². The molecule has 4 heteroatoms. The molecule has 3 rings (SSSR count). The molecule has 0 unspecified atom stereocenters. The largest absolute Gasteiger partial charge is 0.497 e. The Kier molecular flexibility index (Phi) is 3.49. The molecule has 1 aliphatic carbocycles.